The second kappa shape index (κ2) is 5.95. The van der Waals surface area contributed by atoms with Gasteiger partial charge in [0.2, 0.25) is 5.89 Å². The highest BCUT2D eigenvalue weighted by molar-refractivity contribution is 9.10. The van der Waals surface area contributed by atoms with Crippen LogP contribution in [-0.4, -0.2) is 42.0 Å². The van der Waals surface area contributed by atoms with Crippen molar-refractivity contribution in [1.29, 1.82) is 0 Å². The Hall–Kier alpha value is -1.73. The van der Waals surface area contributed by atoms with Crippen molar-refractivity contribution in [1.82, 2.24) is 15.2 Å². The summed E-state index contributed by atoms with van der Waals surface area (Å²) >= 11 is 3.19. The predicted octanol–water partition coefficient (Wildman–Crippen LogP) is 2.29. The van der Waals surface area contributed by atoms with Gasteiger partial charge in [0.25, 0.3) is 5.91 Å². The van der Waals surface area contributed by atoms with E-state index in [9.17, 15) is 9.18 Å². The molecule has 0 bridgehead atoms. The van der Waals surface area contributed by atoms with Crippen LogP contribution in [0.3, 0.4) is 0 Å². The number of aromatic nitrogens is 1. The number of halogens is 2. The van der Waals surface area contributed by atoms with Gasteiger partial charge in [0.1, 0.15) is 12.1 Å². The van der Waals surface area contributed by atoms with Gasteiger partial charge in [0.15, 0.2) is 5.69 Å². The highest BCUT2D eigenvalue weighted by atomic mass is 79.9. The monoisotopic (exact) mass is 353 g/mol. The molecule has 1 N–H and O–H groups in total. The van der Waals surface area contributed by atoms with Crippen molar-refractivity contribution in [2.75, 3.05) is 26.2 Å². The van der Waals surface area contributed by atoms with Crippen molar-refractivity contribution in [2.45, 2.75) is 0 Å². The number of carbonyl (C=O) groups is 1. The van der Waals surface area contributed by atoms with E-state index in [-0.39, 0.29) is 23.1 Å². The number of oxazole rings is 1. The first-order valence-corrected chi connectivity index (χ1v) is 7.35. The molecule has 1 aliphatic heterocycles. The van der Waals surface area contributed by atoms with Gasteiger partial charge in [-0.2, -0.15) is 0 Å². The van der Waals surface area contributed by atoms with E-state index in [4.69, 9.17) is 4.42 Å². The number of amides is 1. The van der Waals surface area contributed by atoms with Crippen molar-refractivity contribution < 1.29 is 13.6 Å². The second-order valence-electron chi connectivity index (χ2n) is 4.70. The molecule has 1 amide bonds. The highest BCUT2D eigenvalue weighted by Crippen LogP contribution is 2.25. The molecule has 1 aromatic carbocycles. The van der Waals surface area contributed by atoms with Crippen molar-refractivity contribution in [2.24, 2.45) is 0 Å². The molecule has 21 heavy (non-hydrogen) atoms. The molecule has 1 saturated heterocycles. The molecule has 0 radical (unpaired) electrons. The van der Waals surface area contributed by atoms with Crippen LogP contribution in [0.1, 0.15) is 10.5 Å². The largest absolute Gasteiger partial charge is 0.444 e. The molecule has 7 heteroatoms. The number of benzene rings is 1. The SMILES string of the molecule is O=C(c1coc(-c2ccc(Br)cc2F)n1)N1CCNCC1. The lowest BCUT2D eigenvalue weighted by molar-refractivity contribution is 0.0730. The smallest absolute Gasteiger partial charge is 0.275 e. The standard InChI is InChI=1S/C14H13BrFN3O2/c15-9-1-2-10(11(16)7-9)13-18-12(8-21-13)14(20)19-5-3-17-4-6-19/h1-2,7-8,17H,3-6H2. The Morgan fingerprint density at radius 2 is 2.14 bits per heavy atom. The summed E-state index contributed by atoms with van der Waals surface area (Å²) in [7, 11) is 0. The number of hydrogen-bond donors (Lipinski definition) is 1. The lowest BCUT2D eigenvalue weighted by Crippen LogP contribution is -2.46. The molecule has 1 fully saturated rings. The third-order valence-electron chi connectivity index (χ3n) is 3.29. The average Bonchev–Trinajstić information content (AvgIpc) is 2.97. The van der Waals surface area contributed by atoms with Crippen LogP contribution in [0.25, 0.3) is 11.5 Å². The van der Waals surface area contributed by atoms with E-state index in [1.54, 1.807) is 17.0 Å². The van der Waals surface area contributed by atoms with E-state index < -0.39 is 5.82 Å². The summed E-state index contributed by atoms with van der Waals surface area (Å²) in [5.41, 5.74) is 0.437. The van der Waals surface area contributed by atoms with Gasteiger partial charge in [-0.1, -0.05) is 15.9 Å². The number of carbonyl (C=O) groups excluding carboxylic acids is 1. The van der Waals surface area contributed by atoms with Gasteiger partial charge in [-0.25, -0.2) is 9.37 Å². The summed E-state index contributed by atoms with van der Waals surface area (Å²) in [6.07, 6.45) is 1.28. The van der Waals surface area contributed by atoms with Crippen LogP contribution in [0, 0.1) is 5.82 Å². The van der Waals surface area contributed by atoms with Crippen LogP contribution >= 0.6 is 15.9 Å². The maximum Gasteiger partial charge on any atom is 0.275 e. The number of nitrogens with one attached hydrogen (secondary N) is 1. The van der Waals surface area contributed by atoms with E-state index in [1.165, 1.54) is 12.3 Å². The summed E-state index contributed by atoms with van der Waals surface area (Å²) in [6, 6.07) is 4.59. The first-order valence-electron chi connectivity index (χ1n) is 6.56. The van der Waals surface area contributed by atoms with Crippen molar-refractivity contribution in [3.8, 4) is 11.5 Å². The number of rotatable bonds is 2. The molecule has 1 aliphatic rings. The summed E-state index contributed by atoms with van der Waals surface area (Å²) in [4.78, 5) is 18.1. The third-order valence-corrected chi connectivity index (χ3v) is 3.78. The van der Waals surface area contributed by atoms with Gasteiger partial charge in [0.05, 0.1) is 5.56 Å². The van der Waals surface area contributed by atoms with Gasteiger partial charge < -0.3 is 14.6 Å². The fraction of sp³-hybridized carbons (Fsp3) is 0.286. The molecule has 2 heterocycles. The Bertz CT molecular complexity index is 668. The maximum atomic E-state index is 13.9. The zero-order valence-corrected chi connectivity index (χ0v) is 12.7. The molecular weight excluding hydrogens is 341 g/mol. The van der Waals surface area contributed by atoms with Crippen LogP contribution in [0.4, 0.5) is 4.39 Å². The van der Waals surface area contributed by atoms with Crippen molar-refractivity contribution >= 4 is 21.8 Å². The molecule has 2 aromatic rings. The van der Waals surface area contributed by atoms with Gasteiger partial charge in [0, 0.05) is 30.7 Å². The van der Waals surface area contributed by atoms with Crippen LogP contribution < -0.4 is 5.32 Å². The molecule has 0 unspecified atom stereocenters. The molecule has 0 saturated carbocycles. The second-order valence-corrected chi connectivity index (χ2v) is 5.62. The molecule has 3 rings (SSSR count). The van der Waals surface area contributed by atoms with Gasteiger partial charge >= 0.3 is 0 Å². The molecule has 0 atom stereocenters. The van der Waals surface area contributed by atoms with Gasteiger partial charge in [-0.05, 0) is 18.2 Å². The molecule has 110 valence electrons. The summed E-state index contributed by atoms with van der Waals surface area (Å²) in [5, 5.41) is 3.17. The molecule has 5 nitrogen and oxygen atoms in total. The van der Waals surface area contributed by atoms with Crippen LogP contribution in [0.15, 0.2) is 33.4 Å². The minimum absolute atomic E-state index is 0.110. The topological polar surface area (TPSA) is 58.4 Å². The zero-order chi connectivity index (χ0) is 14.8. The van der Waals surface area contributed by atoms with Crippen LogP contribution in [0.2, 0.25) is 0 Å². The van der Waals surface area contributed by atoms with Crippen LogP contribution in [0.5, 0.6) is 0 Å². The maximum absolute atomic E-state index is 13.9. The molecular formula is C14H13BrFN3O2. The van der Waals surface area contributed by atoms with E-state index in [1.807, 2.05) is 0 Å². The van der Waals surface area contributed by atoms with Crippen molar-refractivity contribution in [3.05, 3.63) is 40.4 Å². The Balaban J connectivity index is 1.84. The summed E-state index contributed by atoms with van der Waals surface area (Å²) < 4.78 is 19.8. The fourth-order valence-corrected chi connectivity index (χ4v) is 2.52. The van der Waals surface area contributed by atoms with E-state index in [2.05, 4.69) is 26.2 Å². The number of hydrogen-bond acceptors (Lipinski definition) is 4. The summed E-state index contributed by atoms with van der Waals surface area (Å²) in [5.74, 6) is -0.532. The molecule has 1 aromatic heterocycles. The first kappa shape index (κ1) is 14.2. The fourth-order valence-electron chi connectivity index (χ4n) is 2.19. The minimum atomic E-state index is -0.451. The lowest BCUT2D eigenvalue weighted by Gasteiger charge is -2.26. The van der Waals surface area contributed by atoms with Crippen molar-refractivity contribution in [3.63, 3.8) is 0 Å². The predicted molar refractivity (Wildman–Crippen MR) is 78.4 cm³/mol. The third kappa shape index (κ3) is 2.98. The Morgan fingerprint density at radius 3 is 2.86 bits per heavy atom. The Kier molecular flexibility index (Phi) is 4.03. The molecule has 0 aliphatic carbocycles. The normalized spacial score (nSPS) is 15.2. The quantitative estimate of drug-likeness (QED) is 0.899. The molecule has 0 spiro atoms. The summed E-state index contributed by atoms with van der Waals surface area (Å²) in [6.45, 7) is 2.79. The zero-order valence-electron chi connectivity index (χ0n) is 11.1. The number of piperazine rings is 1. The van der Waals surface area contributed by atoms with E-state index in [0.29, 0.717) is 17.6 Å². The average molecular weight is 354 g/mol. The Morgan fingerprint density at radius 1 is 1.38 bits per heavy atom. The van der Waals surface area contributed by atoms with Gasteiger partial charge in [-0.3, -0.25) is 4.79 Å². The Labute approximate surface area is 129 Å². The number of nitrogens with zero attached hydrogens (tertiary/aromatic N) is 2. The van der Waals surface area contributed by atoms with E-state index in [0.717, 1.165) is 13.1 Å². The lowest BCUT2D eigenvalue weighted by atomic mass is 10.2. The van der Waals surface area contributed by atoms with E-state index >= 15 is 0 Å². The first-order chi connectivity index (χ1) is 10.1. The minimum Gasteiger partial charge on any atom is -0.444 e. The highest BCUT2D eigenvalue weighted by Gasteiger charge is 2.22. The van der Waals surface area contributed by atoms with Gasteiger partial charge in [-0.15, -0.1) is 0 Å². The van der Waals surface area contributed by atoms with Crippen LogP contribution in [-0.2, 0) is 0 Å².